The predicted molar refractivity (Wildman–Crippen MR) is 90.2 cm³/mol. The number of ether oxygens (including phenoxy) is 1. The first kappa shape index (κ1) is 17.5. The zero-order valence-electron chi connectivity index (χ0n) is 13.5. The van der Waals surface area contributed by atoms with Gasteiger partial charge in [0.2, 0.25) is 5.88 Å². The van der Waals surface area contributed by atoms with E-state index in [-0.39, 0.29) is 11.1 Å². The summed E-state index contributed by atoms with van der Waals surface area (Å²) in [7, 11) is 0. The molecule has 0 aliphatic carbocycles. The Kier molecular flexibility index (Phi) is 4.90. The van der Waals surface area contributed by atoms with Crippen LogP contribution in [0.15, 0.2) is 66.9 Å². The minimum Gasteiger partial charge on any atom is -0.473 e. The van der Waals surface area contributed by atoms with Crippen molar-refractivity contribution < 1.29 is 17.9 Å². The molecule has 0 bridgehead atoms. The minimum absolute atomic E-state index is 0.0563. The first-order valence-electron chi connectivity index (χ1n) is 7.71. The van der Waals surface area contributed by atoms with E-state index in [9.17, 15) is 13.2 Å². The van der Waals surface area contributed by atoms with Crippen LogP contribution >= 0.6 is 0 Å². The van der Waals surface area contributed by atoms with E-state index in [1.165, 1.54) is 12.3 Å². The van der Waals surface area contributed by atoms with Crippen LogP contribution < -0.4 is 4.74 Å². The molecule has 2 aromatic carbocycles. The van der Waals surface area contributed by atoms with Gasteiger partial charge in [0.15, 0.2) is 0 Å². The van der Waals surface area contributed by atoms with Gasteiger partial charge in [-0.15, -0.1) is 0 Å². The van der Waals surface area contributed by atoms with Gasteiger partial charge in [-0.2, -0.15) is 18.4 Å². The van der Waals surface area contributed by atoms with Gasteiger partial charge in [0.25, 0.3) is 0 Å². The summed E-state index contributed by atoms with van der Waals surface area (Å²) in [6.45, 7) is 0.343. The molecule has 3 aromatic rings. The predicted octanol–water partition coefficient (Wildman–Crippen LogP) is 5.22. The fourth-order valence-electron chi connectivity index (χ4n) is 2.39. The van der Waals surface area contributed by atoms with Gasteiger partial charge in [0, 0.05) is 17.8 Å². The van der Waals surface area contributed by atoms with Crippen LogP contribution in [0.3, 0.4) is 0 Å². The molecule has 6 heteroatoms. The van der Waals surface area contributed by atoms with Crippen LogP contribution in [0.2, 0.25) is 0 Å². The van der Waals surface area contributed by atoms with Crippen molar-refractivity contribution >= 4 is 0 Å². The Balaban J connectivity index is 1.81. The number of hydrogen-bond acceptors (Lipinski definition) is 3. The molecule has 0 saturated carbocycles. The van der Waals surface area contributed by atoms with Gasteiger partial charge in [0.05, 0.1) is 17.2 Å². The highest BCUT2D eigenvalue weighted by Crippen LogP contribution is 2.33. The van der Waals surface area contributed by atoms with E-state index in [0.717, 1.165) is 17.7 Å². The molecule has 0 aliphatic rings. The Morgan fingerprint density at radius 2 is 1.73 bits per heavy atom. The lowest BCUT2D eigenvalue weighted by atomic mass is 10.0. The molecule has 0 unspecified atom stereocenters. The zero-order chi connectivity index (χ0) is 18.6. The van der Waals surface area contributed by atoms with Crippen molar-refractivity contribution in [2.24, 2.45) is 0 Å². The molecular weight excluding hydrogens is 341 g/mol. The standard InChI is InChI=1S/C20H13F3N2O/c21-20(22,23)18-9-15(11-24)8-17(10-18)16-6-7-19(25-12-16)26-13-14-4-2-1-3-5-14/h1-10,12H,13H2. The molecule has 1 aromatic heterocycles. The van der Waals surface area contributed by atoms with E-state index in [1.54, 1.807) is 18.2 Å². The number of nitrogens with zero attached hydrogens (tertiary/aromatic N) is 2. The van der Waals surface area contributed by atoms with E-state index in [2.05, 4.69) is 4.98 Å². The number of alkyl halides is 3. The van der Waals surface area contributed by atoms with Gasteiger partial charge in [-0.1, -0.05) is 30.3 Å². The van der Waals surface area contributed by atoms with Crippen molar-refractivity contribution in [3.05, 3.63) is 83.6 Å². The van der Waals surface area contributed by atoms with Crippen LogP contribution in [0.4, 0.5) is 13.2 Å². The summed E-state index contributed by atoms with van der Waals surface area (Å²) >= 11 is 0. The summed E-state index contributed by atoms with van der Waals surface area (Å²) in [6, 6.07) is 17.7. The fourth-order valence-corrected chi connectivity index (χ4v) is 2.39. The van der Waals surface area contributed by atoms with Crippen molar-refractivity contribution in [1.29, 1.82) is 5.26 Å². The first-order valence-corrected chi connectivity index (χ1v) is 7.71. The quantitative estimate of drug-likeness (QED) is 0.645. The lowest BCUT2D eigenvalue weighted by molar-refractivity contribution is -0.137. The lowest BCUT2D eigenvalue weighted by Gasteiger charge is -2.10. The van der Waals surface area contributed by atoms with Crippen LogP contribution in [0, 0.1) is 11.3 Å². The van der Waals surface area contributed by atoms with Crippen molar-refractivity contribution in [1.82, 2.24) is 4.98 Å². The third kappa shape index (κ3) is 4.19. The number of halogens is 3. The largest absolute Gasteiger partial charge is 0.473 e. The molecule has 0 spiro atoms. The molecular formula is C20H13F3N2O. The van der Waals surface area contributed by atoms with E-state index in [1.807, 2.05) is 30.3 Å². The molecule has 130 valence electrons. The monoisotopic (exact) mass is 354 g/mol. The Morgan fingerprint density at radius 3 is 2.35 bits per heavy atom. The number of benzene rings is 2. The third-order valence-electron chi connectivity index (χ3n) is 3.69. The van der Waals surface area contributed by atoms with E-state index >= 15 is 0 Å². The topological polar surface area (TPSA) is 45.9 Å². The number of rotatable bonds is 4. The first-order chi connectivity index (χ1) is 12.5. The van der Waals surface area contributed by atoms with E-state index < -0.39 is 11.7 Å². The number of pyridine rings is 1. The maximum atomic E-state index is 13.0. The van der Waals surface area contributed by atoms with Crippen LogP contribution in [-0.2, 0) is 12.8 Å². The van der Waals surface area contributed by atoms with Gasteiger partial charge in [-0.25, -0.2) is 4.98 Å². The smallest absolute Gasteiger partial charge is 0.416 e. The molecule has 0 aliphatic heterocycles. The highest BCUT2D eigenvalue weighted by molar-refractivity contribution is 5.66. The van der Waals surface area contributed by atoms with E-state index in [0.29, 0.717) is 18.1 Å². The molecule has 0 atom stereocenters. The Bertz CT molecular complexity index is 930. The highest BCUT2D eigenvalue weighted by Gasteiger charge is 2.31. The van der Waals surface area contributed by atoms with E-state index in [4.69, 9.17) is 10.00 Å². The number of nitriles is 1. The third-order valence-corrected chi connectivity index (χ3v) is 3.69. The van der Waals surface area contributed by atoms with Crippen molar-refractivity contribution in [3.63, 3.8) is 0 Å². The van der Waals surface area contributed by atoms with Crippen LogP contribution in [0.5, 0.6) is 5.88 Å². The Hall–Kier alpha value is -3.33. The average molecular weight is 354 g/mol. The second-order valence-electron chi connectivity index (χ2n) is 5.57. The van der Waals surface area contributed by atoms with Crippen molar-refractivity contribution in [2.45, 2.75) is 12.8 Å². The second-order valence-corrected chi connectivity index (χ2v) is 5.57. The molecule has 0 saturated heterocycles. The average Bonchev–Trinajstić information content (AvgIpc) is 2.66. The normalized spacial score (nSPS) is 11.0. The molecule has 3 rings (SSSR count). The summed E-state index contributed by atoms with van der Waals surface area (Å²) in [5.74, 6) is 0.366. The highest BCUT2D eigenvalue weighted by atomic mass is 19.4. The molecule has 1 heterocycles. The van der Waals surface area contributed by atoms with Gasteiger partial charge >= 0.3 is 6.18 Å². The summed E-state index contributed by atoms with van der Waals surface area (Å²) < 4.78 is 44.5. The SMILES string of the molecule is N#Cc1cc(-c2ccc(OCc3ccccc3)nc2)cc(C(F)(F)F)c1. The van der Waals surface area contributed by atoms with Crippen molar-refractivity contribution in [3.8, 4) is 23.1 Å². The Morgan fingerprint density at radius 1 is 0.962 bits per heavy atom. The summed E-state index contributed by atoms with van der Waals surface area (Å²) in [5, 5.41) is 8.97. The minimum atomic E-state index is -4.52. The maximum absolute atomic E-state index is 13.0. The zero-order valence-corrected chi connectivity index (χ0v) is 13.5. The molecule has 0 fully saturated rings. The molecule has 3 nitrogen and oxygen atoms in total. The summed E-state index contributed by atoms with van der Waals surface area (Å²) in [4.78, 5) is 4.13. The van der Waals surface area contributed by atoms with Crippen LogP contribution in [0.1, 0.15) is 16.7 Å². The maximum Gasteiger partial charge on any atom is 0.416 e. The van der Waals surface area contributed by atoms with Gasteiger partial charge < -0.3 is 4.74 Å². The van der Waals surface area contributed by atoms with Crippen LogP contribution in [-0.4, -0.2) is 4.98 Å². The lowest BCUT2D eigenvalue weighted by Crippen LogP contribution is -2.05. The van der Waals surface area contributed by atoms with Gasteiger partial charge in [-0.3, -0.25) is 0 Å². The van der Waals surface area contributed by atoms with Crippen molar-refractivity contribution in [2.75, 3.05) is 0 Å². The Labute approximate surface area is 148 Å². The molecule has 0 amide bonds. The summed E-state index contributed by atoms with van der Waals surface area (Å²) in [6.07, 6.45) is -3.09. The summed E-state index contributed by atoms with van der Waals surface area (Å²) in [5.41, 5.74) is 0.809. The van der Waals surface area contributed by atoms with Crippen LogP contribution in [0.25, 0.3) is 11.1 Å². The molecule has 26 heavy (non-hydrogen) atoms. The van der Waals surface area contributed by atoms with Gasteiger partial charge in [0.1, 0.15) is 6.61 Å². The molecule has 0 radical (unpaired) electrons. The molecule has 0 N–H and O–H groups in total. The number of hydrogen-bond donors (Lipinski definition) is 0. The van der Waals surface area contributed by atoms with Gasteiger partial charge in [-0.05, 0) is 35.4 Å². The second kappa shape index (κ2) is 7.28. The fraction of sp³-hybridized carbons (Fsp3) is 0.100. The number of aromatic nitrogens is 1.